The van der Waals surface area contributed by atoms with E-state index in [2.05, 4.69) is 15.8 Å². The molecule has 4 rings (SSSR count). The molecular formula is C31H26ClN3O5. The third-order valence-corrected chi connectivity index (χ3v) is 5.88. The third kappa shape index (κ3) is 7.33. The number of benzene rings is 4. The van der Waals surface area contributed by atoms with E-state index in [0.717, 1.165) is 5.56 Å². The topological polar surface area (TPSA) is 106 Å². The van der Waals surface area contributed by atoms with Crippen LogP contribution in [-0.2, 0) is 0 Å². The number of para-hydroxylation sites is 1. The van der Waals surface area contributed by atoms with Crippen molar-refractivity contribution >= 4 is 41.3 Å². The van der Waals surface area contributed by atoms with Crippen LogP contribution in [0.3, 0.4) is 0 Å². The van der Waals surface area contributed by atoms with Crippen LogP contribution in [0.4, 0.5) is 5.69 Å². The molecule has 4 aromatic carbocycles. The number of nitrogens with zero attached hydrogens (tertiary/aromatic N) is 1. The fourth-order valence-electron chi connectivity index (χ4n) is 3.70. The lowest BCUT2D eigenvalue weighted by molar-refractivity contribution is 0.0728. The van der Waals surface area contributed by atoms with Crippen molar-refractivity contribution in [3.63, 3.8) is 0 Å². The molecule has 0 bridgehead atoms. The van der Waals surface area contributed by atoms with Crippen molar-refractivity contribution in [3.8, 4) is 11.5 Å². The highest BCUT2D eigenvalue weighted by molar-refractivity contribution is 6.30. The predicted octanol–water partition coefficient (Wildman–Crippen LogP) is 6.28. The van der Waals surface area contributed by atoms with E-state index in [1.54, 1.807) is 91.9 Å². The van der Waals surface area contributed by atoms with E-state index in [1.165, 1.54) is 6.21 Å². The molecule has 0 aliphatic rings. The molecule has 0 unspecified atom stereocenters. The molecule has 0 aromatic heterocycles. The van der Waals surface area contributed by atoms with Gasteiger partial charge < -0.3 is 14.8 Å². The monoisotopic (exact) mass is 555 g/mol. The number of anilines is 1. The molecule has 0 saturated carbocycles. The Hall–Kier alpha value is -4.95. The van der Waals surface area contributed by atoms with Crippen molar-refractivity contribution in [2.75, 3.05) is 11.9 Å². The van der Waals surface area contributed by atoms with Gasteiger partial charge in [0, 0.05) is 10.6 Å². The number of aryl methyl sites for hydroxylation is 1. The van der Waals surface area contributed by atoms with Gasteiger partial charge in [0.1, 0.15) is 0 Å². The summed E-state index contributed by atoms with van der Waals surface area (Å²) in [7, 11) is 0. The summed E-state index contributed by atoms with van der Waals surface area (Å²) in [5.41, 5.74) is 5.46. The first-order valence-corrected chi connectivity index (χ1v) is 12.8. The zero-order valence-corrected chi connectivity index (χ0v) is 22.6. The Balaban J connectivity index is 1.43. The Morgan fingerprint density at radius 3 is 2.38 bits per heavy atom. The highest BCUT2D eigenvalue weighted by Crippen LogP contribution is 2.29. The average Bonchev–Trinajstić information content (AvgIpc) is 2.95. The quantitative estimate of drug-likeness (QED) is 0.109. The molecule has 40 heavy (non-hydrogen) atoms. The van der Waals surface area contributed by atoms with Gasteiger partial charge in [-0.1, -0.05) is 41.4 Å². The number of hydrogen-bond acceptors (Lipinski definition) is 6. The lowest BCUT2D eigenvalue weighted by Crippen LogP contribution is -2.21. The second-order valence-corrected chi connectivity index (χ2v) is 9.04. The first-order chi connectivity index (χ1) is 19.3. The maximum absolute atomic E-state index is 12.9. The predicted molar refractivity (Wildman–Crippen MR) is 155 cm³/mol. The number of nitrogens with one attached hydrogen (secondary N) is 2. The highest BCUT2D eigenvalue weighted by atomic mass is 35.5. The van der Waals surface area contributed by atoms with Gasteiger partial charge in [0.2, 0.25) is 0 Å². The van der Waals surface area contributed by atoms with E-state index in [9.17, 15) is 14.4 Å². The molecule has 2 N–H and O–H groups in total. The summed E-state index contributed by atoms with van der Waals surface area (Å²) in [6.45, 7) is 4.05. The second-order valence-electron chi connectivity index (χ2n) is 8.60. The Labute approximate surface area is 236 Å². The summed E-state index contributed by atoms with van der Waals surface area (Å²) in [5, 5.41) is 7.34. The van der Waals surface area contributed by atoms with Gasteiger partial charge in [-0.25, -0.2) is 10.2 Å². The van der Waals surface area contributed by atoms with Crippen molar-refractivity contribution in [3.05, 3.63) is 124 Å². The lowest BCUT2D eigenvalue weighted by Gasteiger charge is -2.11. The van der Waals surface area contributed by atoms with Crippen LogP contribution in [0, 0.1) is 6.92 Å². The minimum atomic E-state index is -0.556. The van der Waals surface area contributed by atoms with Crippen LogP contribution >= 0.6 is 11.6 Å². The van der Waals surface area contributed by atoms with Crippen LogP contribution in [0.1, 0.15) is 49.1 Å². The SMILES string of the molecule is CCOc1cc(/C=N\NC(=O)c2ccccc2NC(=O)c2cccc(C)c2)ccc1OC(=O)c1ccc(Cl)cc1. The smallest absolute Gasteiger partial charge is 0.343 e. The number of hydrogen-bond donors (Lipinski definition) is 2. The molecule has 0 spiro atoms. The molecule has 0 heterocycles. The number of ether oxygens (including phenoxy) is 2. The molecule has 8 nitrogen and oxygen atoms in total. The van der Waals surface area contributed by atoms with Crippen LogP contribution in [-0.4, -0.2) is 30.6 Å². The number of hydrazone groups is 1. The van der Waals surface area contributed by atoms with E-state index in [-0.39, 0.29) is 17.2 Å². The third-order valence-electron chi connectivity index (χ3n) is 5.63. The maximum Gasteiger partial charge on any atom is 0.343 e. The van der Waals surface area contributed by atoms with Gasteiger partial charge in [0.05, 0.1) is 29.6 Å². The van der Waals surface area contributed by atoms with Gasteiger partial charge in [0.25, 0.3) is 11.8 Å². The van der Waals surface area contributed by atoms with Crippen LogP contribution in [0.2, 0.25) is 5.02 Å². The zero-order chi connectivity index (χ0) is 28.5. The summed E-state index contributed by atoms with van der Waals surface area (Å²) < 4.78 is 11.1. The molecule has 0 fully saturated rings. The van der Waals surface area contributed by atoms with Gasteiger partial charge in [-0.15, -0.1) is 0 Å². The Kier molecular flexibility index (Phi) is 9.27. The Morgan fingerprint density at radius 2 is 1.62 bits per heavy atom. The average molecular weight is 556 g/mol. The molecular weight excluding hydrogens is 530 g/mol. The minimum absolute atomic E-state index is 0.237. The lowest BCUT2D eigenvalue weighted by atomic mass is 10.1. The molecule has 0 aliphatic carbocycles. The molecule has 0 atom stereocenters. The molecule has 4 aromatic rings. The molecule has 0 radical (unpaired) electrons. The van der Waals surface area contributed by atoms with Crippen molar-refractivity contribution in [1.29, 1.82) is 0 Å². The minimum Gasteiger partial charge on any atom is -0.490 e. The van der Waals surface area contributed by atoms with Crippen molar-refractivity contribution in [1.82, 2.24) is 5.43 Å². The number of esters is 1. The van der Waals surface area contributed by atoms with Gasteiger partial charge in [-0.2, -0.15) is 5.10 Å². The summed E-state index contributed by atoms with van der Waals surface area (Å²) in [4.78, 5) is 38.1. The molecule has 2 amide bonds. The number of halogens is 1. The fourth-order valence-corrected chi connectivity index (χ4v) is 3.82. The van der Waals surface area contributed by atoms with Crippen LogP contribution in [0.25, 0.3) is 0 Å². The van der Waals surface area contributed by atoms with Crippen molar-refractivity contribution in [2.45, 2.75) is 13.8 Å². The van der Waals surface area contributed by atoms with E-state index in [1.807, 2.05) is 13.0 Å². The largest absolute Gasteiger partial charge is 0.490 e. The van der Waals surface area contributed by atoms with Gasteiger partial charge in [-0.3, -0.25) is 9.59 Å². The number of amides is 2. The van der Waals surface area contributed by atoms with Crippen LogP contribution in [0.5, 0.6) is 11.5 Å². The molecule has 202 valence electrons. The van der Waals surface area contributed by atoms with Gasteiger partial charge >= 0.3 is 5.97 Å². The zero-order valence-electron chi connectivity index (χ0n) is 21.8. The van der Waals surface area contributed by atoms with Crippen molar-refractivity contribution < 1.29 is 23.9 Å². The second kappa shape index (κ2) is 13.2. The summed E-state index contributed by atoms with van der Waals surface area (Å²) >= 11 is 5.88. The number of carbonyl (C=O) groups is 3. The van der Waals surface area contributed by atoms with Crippen LogP contribution < -0.4 is 20.2 Å². The fraction of sp³-hybridized carbons (Fsp3) is 0.0968. The number of carbonyl (C=O) groups excluding carboxylic acids is 3. The first-order valence-electron chi connectivity index (χ1n) is 12.4. The van der Waals surface area contributed by atoms with E-state index >= 15 is 0 Å². The summed E-state index contributed by atoms with van der Waals surface area (Å²) in [6.07, 6.45) is 1.43. The normalized spacial score (nSPS) is 10.7. The van der Waals surface area contributed by atoms with Crippen LogP contribution in [0.15, 0.2) is 96.1 Å². The Morgan fingerprint density at radius 1 is 0.850 bits per heavy atom. The standard InChI is InChI=1S/C31H26ClN3O5/c1-3-39-28-18-21(11-16-27(28)40-31(38)22-12-14-24(32)15-13-22)19-33-35-30(37)25-9-4-5-10-26(25)34-29(36)23-8-6-7-20(2)17-23/h4-19H,3H2,1-2H3,(H,34,36)(H,35,37)/b33-19-. The highest BCUT2D eigenvalue weighted by Gasteiger charge is 2.15. The van der Waals surface area contributed by atoms with E-state index in [4.69, 9.17) is 21.1 Å². The molecule has 9 heteroatoms. The number of rotatable bonds is 9. The van der Waals surface area contributed by atoms with Gasteiger partial charge in [0.15, 0.2) is 11.5 Å². The maximum atomic E-state index is 12.9. The first kappa shape index (κ1) is 28.1. The Bertz CT molecular complexity index is 1570. The molecule has 0 saturated heterocycles. The summed E-state index contributed by atoms with van der Waals surface area (Å²) in [5.74, 6) is -0.812. The van der Waals surface area contributed by atoms with E-state index in [0.29, 0.717) is 39.8 Å². The van der Waals surface area contributed by atoms with Gasteiger partial charge in [-0.05, 0) is 86.1 Å². The summed E-state index contributed by atoms with van der Waals surface area (Å²) in [6, 6.07) is 25.1. The van der Waals surface area contributed by atoms with E-state index < -0.39 is 11.9 Å². The molecule has 0 aliphatic heterocycles. The van der Waals surface area contributed by atoms with Crippen molar-refractivity contribution in [2.24, 2.45) is 5.10 Å².